The van der Waals surface area contributed by atoms with Gasteiger partial charge in [0.2, 0.25) is 11.9 Å². The lowest BCUT2D eigenvalue weighted by molar-refractivity contribution is -0.136. The van der Waals surface area contributed by atoms with Crippen molar-refractivity contribution < 1.29 is 14.7 Å². The van der Waals surface area contributed by atoms with Crippen LogP contribution in [0.5, 0.6) is 0 Å². The average molecular weight is 425 g/mol. The highest BCUT2D eigenvalue weighted by atomic mass is 16.3. The number of hydrogen-bond acceptors (Lipinski definition) is 7. The first-order valence-corrected chi connectivity index (χ1v) is 10.2. The number of fused-ring (bicyclic) bond motifs is 1. The standard InChI is InChI=1S/C20H25N7O.CH2O2/c1-2-25(13-15-6-4-3-5-7-15)19(28)16-8-10-26(11-9-16)17-12-18-24-22-14-27(18)20(21)23-17;2-1-3/h3-7,12,14,16H,2,8-11,13H2,1H3,(H2,21,23);1H,(H,2,3). The monoisotopic (exact) mass is 425 g/mol. The van der Waals surface area contributed by atoms with Crippen LogP contribution in [0.25, 0.3) is 5.65 Å². The van der Waals surface area contributed by atoms with E-state index in [9.17, 15) is 4.79 Å². The first kappa shape index (κ1) is 22.0. The fourth-order valence-corrected chi connectivity index (χ4v) is 3.76. The summed E-state index contributed by atoms with van der Waals surface area (Å²) in [6, 6.07) is 12.0. The van der Waals surface area contributed by atoms with E-state index >= 15 is 0 Å². The van der Waals surface area contributed by atoms with Gasteiger partial charge in [-0.05, 0) is 25.3 Å². The predicted octanol–water partition coefficient (Wildman–Crippen LogP) is 1.67. The molecule has 0 atom stereocenters. The fraction of sp³-hybridized carbons (Fsp3) is 0.381. The summed E-state index contributed by atoms with van der Waals surface area (Å²) in [5.41, 5.74) is 7.84. The second-order valence-corrected chi connectivity index (χ2v) is 7.24. The molecule has 1 aliphatic heterocycles. The van der Waals surface area contributed by atoms with Gasteiger partial charge in [0.25, 0.3) is 6.47 Å². The van der Waals surface area contributed by atoms with Crippen molar-refractivity contribution in [2.75, 3.05) is 30.3 Å². The number of nitrogen functional groups attached to an aromatic ring is 1. The summed E-state index contributed by atoms with van der Waals surface area (Å²) < 4.78 is 1.66. The summed E-state index contributed by atoms with van der Waals surface area (Å²) in [5.74, 6) is 1.46. The van der Waals surface area contributed by atoms with Gasteiger partial charge >= 0.3 is 0 Å². The van der Waals surface area contributed by atoms with E-state index in [1.807, 2.05) is 36.1 Å². The molecule has 3 N–H and O–H groups in total. The Morgan fingerprint density at radius 1 is 1.29 bits per heavy atom. The third-order valence-electron chi connectivity index (χ3n) is 5.39. The third kappa shape index (κ3) is 5.27. The van der Waals surface area contributed by atoms with Crippen LogP contribution in [-0.4, -0.2) is 61.6 Å². The highest BCUT2D eigenvalue weighted by molar-refractivity contribution is 5.79. The second kappa shape index (κ2) is 10.4. The molecule has 2 aromatic heterocycles. The molecule has 0 bridgehead atoms. The highest BCUT2D eigenvalue weighted by Crippen LogP contribution is 2.25. The first-order chi connectivity index (χ1) is 15.1. The molecule has 0 unspecified atom stereocenters. The number of anilines is 2. The molecule has 1 amide bonds. The van der Waals surface area contributed by atoms with Crippen molar-refractivity contribution in [3.05, 3.63) is 48.3 Å². The van der Waals surface area contributed by atoms with Crippen LogP contribution in [0.4, 0.5) is 11.8 Å². The van der Waals surface area contributed by atoms with Gasteiger partial charge in [0, 0.05) is 38.2 Å². The van der Waals surface area contributed by atoms with Crippen molar-refractivity contribution >= 4 is 29.8 Å². The molecular weight excluding hydrogens is 398 g/mol. The third-order valence-corrected chi connectivity index (χ3v) is 5.39. The number of hydrogen-bond donors (Lipinski definition) is 2. The van der Waals surface area contributed by atoms with E-state index in [1.54, 1.807) is 10.7 Å². The number of aromatic nitrogens is 4. The molecule has 0 aliphatic carbocycles. The van der Waals surface area contributed by atoms with Crippen LogP contribution in [0.3, 0.4) is 0 Å². The normalized spacial score (nSPS) is 14.0. The molecule has 0 radical (unpaired) electrons. The summed E-state index contributed by atoms with van der Waals surface area (Å²) in [6.07, 6.45) is 3.17. The van der Waals surface area contributed by atoms with Crippen molar-refractivity contribution in [1.29, 1.82) is 0 Å². The number of carboxylic acid groups (broad SMARTS) is 1. The number of carbonyl (C=O) groups excluding carboxylic acids is 1. The van der Waals surface area contributed by atoms with Crippen molar-refractivity contribution in [2.24, 2.45) is 5.92 Å². The van der Waals surface area contributed by atoms with Crippen LogP contribution < -0.4 is 10.6 Å². The highest BCUT2D eigenvalue weighted by Gasteiger charge is 2.29. The Morgan fingerprint density at radius 3 is 2.61 bits per heavy atom. The van der Waals surface area contributed by atoms with Gasteiger partial charge in [0.15, 0.2) is 5.65 Å². The SMILES string of the molecule is CCN(Cc1ccccc1)C(=O)C1CCN(c2cc3nncn3c(N)n2)CC1.O=CO. The Kier molecular flexibility index (Phi) is 7.36. The van der Waals surface area contributed by atoms with Crippen molar-refractivity contribution in [1.82, 2.24) is 24.5 Å². The van der Waals surface area contributed by atoms with Crippen LogP contribution in [-0.2, 0) is 16.1 Å². The smallest absolute Gasteiger partial charge is 0.290 e. The second-order valence-electron chi connectivity index (χ2n) is 7.24. The summed E-state index contributed by atoms with van der Waals surface area (Å²) in [6.45, 7) is 4.72. The molecule has 4 rings (SSSR count). The van der Waals surface area contributed by atoms with Gasteiger partial charge in [0.05, 0.1) is 0 Å². The molecule has 0 saturated carbocycles. The molecule has 1 aliphatic rings. The molecule has 3 heterocycles. The number of piperidine rings is 1. The summed E-state index contributed by atoms with van der Waals surface area (Å²) in [7, 11) is 0. The Hall–Kier alpha value is -3.69. The van der Waals surface area contributed by atoms with Gasteiger partial charge in [-0.1, -0.05) is 30.3 Å². The molecule has 10 heteroatoms. The maximum absolute atomic E-state index is 13.0. The molecule has 10 nitrogen and oxygen atoms in total. The lowest BCUT2D eigenvalue weighted by atomic mass is 9.95. The molecule has 1 fully saturated rings. The van der Waals surface area contributed by atoms with Crippen LogP contribution >= 0.6 is 0 Å². The molecule has 164 valence electrons. The molecule has 1 saturated heterocycles. The van der Waals surface area contributed by atoms with Crippen LogP contribution in [0.15, 0.2) is 42.7 Å². The Morgan fingerprint density at radius 2 is 1.97 bits per heavy atom. The van der Waals surface area contributed by atoms with E-state index in [0.717, 1.165) is 43.9 Å². The quantitative estimate of drug-likeness (QED) is 0.591. The number of nitrogens with two attached hydrogens (primary N) is 1. The summed E-state index contributed by atoms with van der Waals surface area (Å²) >= 11 is 0. The zero-order valence-electron chi connectivity index (χ0n) is 17.5. The fourth-order valence-electron chi connectivity index (χ4n) is 3.76. The Balaban J connectivity index is 0.000000858. The van der Waals surface area contributed by atoms with Gasteiger partial charge in [-0.15, -0.1) is 10.2 Å². The summed E-state index contributed by atoms with van der Waals surface area (Å²) in [4.78, 5) is 30.0. The number of rotatable bonds is 5. The molecule has 1 aromatic carbocycles. The van der Waals surface area contributed by atoms with E-state index in [1.165, 1.54) is 0 Å². The average Bonchev–Trinajstić information content (AvgIpc) is 3.28. The van der Waals surface area contributed by atoms with Crippen molar-refractivity contribution in [3.63, 3.8) is 0 Å². The molecule has 31 heavy (non-hydrogen) atoms. The Bertz CT molecular complexity index is 1000. The van der Waals surface area contributed by atoms with E-state index in [-0.39, 0.29) is 18.3 Å². The van der Waals surface area contributed by atoms with Crippen LogP contribution in [0, 0.1) is 5.92 Å². The largest absolute Gasteiger partial charge is 0.483 e. The predicted molar refractivity (Wildman–Crippen MR) is 116 cm³/mol. The minimum atomic E-state index is -0.250. The van der Waals surface area contributed by atoms with E-state index in [0.29, 0.717) is 18.1 Å². The molecule has 3 aromatic rings. The Labute approximate surface area is 180 Å². The molecular formula is C21H27N7O3. The minimum absolute atomic E-state index is 0.0501. The molecule has 0 spiro atoms. The lowest BCUT2D eigenvalue weighted by Crippen LogP contribution is -2.42. The number of carbonyl (C=O) groups is 2. The number of nitrogens with zero attached hydrogens (tertiary/aromatic N) is 6. The number of benzene rings is 1. The van der Waals surface area contributed by atoms with E-state index < -0.39 is 0 Å². The van der Waals surface area contributed by atoms with Crippen molar-refractivity contribution in [3.8, 4) is 0 Å². The van der Waals surface area contributed by atoms with Crippen LogP contribution in [0.1, 0.15) is 25.3 Å². The van der Waals surface area contributed by atoms with Gasteiger partial charge in [0.1, 0.15) is 12.1 Å². The van der Waals surface area contributed by atoms with Gasteiger partial charge < -0.3 is 20.6 Å². The minimum Gasteiger partial charge on any atom is -0.483 e. The van der Waals surface area contributed by atoms with Gasteiger partial charge in [-0.3, -0.25) is 14.0 Å². The van der Waals surface area contributed by atoms with E-state index in [2.05, 4.69) is 32.2 Å². The lowest BCUT2D eigenvalue weighted by Gasteiger charge is -2.34. The zero-order valence-corrected chi connectivity index (χ0v) is 17.5. The van der Waals surface area contributed by atoms with Gasteiger partial charge in [-0.2, -0.15) is 4.98 Å². The maximum Gasteiger partial charge on any atom is 0.290 e. The van der Waals surface area contributed by atoms with Crippen molar-refractivity contribution in [2.45, 2.75) is 26.3 Å². The van der Waals surface area contributed by atoms with Gasteiger partial charge in [-0.25, -0.2) is 0 Å². The summed E-state index contributed by atoms with van der Waals surface area (Å²) in [5, 5.41) is 14.8. The first-order valence-electron chi connectivity index (χ1n) is 10.2. The zero-order chi connectivity index (χ0) is 22.2. The van der Waals surface area contributed by atoms with Crippen LogP contribution in [0.2, 0.25) is 0 Å². The maximum atomic E-state index is 13.0. The van der Waals surface area contributed by atoms with E-state index in [4.69, 9.17) is 15.6 Å². The topological polar surface area (TPSA) is 130 Å². The number of amides is 1.